The molecule has 2 unspecified atom stereocenters. The molecular weight excluding hydrogens is 280 g/mol. The number of ether oxygens (including phenoxy) is 1. The largest absolute Gasteiger partial charge is 0.444 e. The SMILES string of the molecule is CC(C)(C)OC(=O)NCC1CC2CNCC(C1)C2O.Cl. The van der Waals surface area contributed by atoms with Crippen molar-refractivity contribution in [2.24, 2.45) is 17.8 Å². The van der Waals surface area contributed by atoms with E-state index in [1.807, 2.05) is 20.8 Å². The molecule has 1 saturated carbocycles. The monoisotopic (exact) mass is 306 g/mol. The van der Waals surface area contributed by atoms with Gasteiger partial charge in [0.15, 0.2) is 0 Å². The molecule has 0 spiro atoms. The summed E-state index contributed by atoms with van der Waals surface area (Å²) in [6.07, 6.45) is 1.43. The minimum atomic E-state index is -0.451. The fourth-order valence-electron chi connectivity index (χ4n) is 3.19. The number of alkyl carbamates (subject to hydrolysis) is 1. The van der Waals surface area contributed by atoms with Gasteiger partial charge in [-0.25, -0.2) is 4.79 Å². The van der Waals surface area contributed by atoms with Gasteiger partial charge in [-0.05, 0) is 51.4 Å². The Balaban J connectivity index is 0.00000200. The van der Waals surface area contributed by atoms with Crippen LogP contribution in [0.25, 0.3) is 0 Å². The van der Waals surface area contributed by atoms with Crippen molar-refractivity contribution in [3.8, 4) is 0 Å². The minimum Gasteiger partial charge on any atom is -0.444 e. The fourth-order valence-corrected chi connectivity index (χ4v) is 3.19. The number of amides is 1. The Bertz CT molecular complexity index is 319. The first kappa shape index (κ1) is 17.5. The second kappa shape index (κ2) is 6.96. The summed E-state index contributed by atoms with van der Waals surface area (Å²) >= 11 is 0. The van der Waals surface area contributed by atoms with Crippen LogP contribution >= 0.6 is 12.4 Å². The standard InChI is InChI=1S/C14H26N2O3.ClH/c1-14(2,3)19-13(18)16-6-9-4-10-7-15-8-11(5-9)12(10)17;/h9-12,15,17H,4-8H2,1-3H3,(H,16,18);1H. The van der Waals surface area contributed by atoms with Gasteiger partial charge in [0.2, 0.25) is 0 Å². The lowest BCUT2D eigenvalue weighted by Gasteiger charge is -2.43. The highest BCUT2D eigenvalue weighted by Crippen LogP contribution is 2.35. The first-order chi connectivity index (χ1) is 8.85. The zero-order chi connectivity index (χ0) is 14.0. The van der Waals surface area contributed by atoms with E-state index in [4.69, 9.17) is 4.74 Å². The van der Waals surface area contributed by atoms with Gasteiger partial charge in [0.05, 0.1) is 6.10 Å². The third kappa shape index (κ3) is 4.79. The average Bonchev–Trinajstić information content (AvgIpc) is 2.24. The van der Waals surface area contributed by atoms with E-state index in [2.05, 4.69) is 10.6 Å². The van der Waals surface area contributed by atoms with Crippen LogP contribution in [0.3, 0.4) is 0 Å². The number of nitrogens with one attached hydrogen (secondary N) is 2. The van der Waals surface area contributed by atoms with Crippen LogP contribution in [0.1, 0.15) is 33.6 Å². The molecule has 6 heteroatoms. The average molecular weight is 307 g/mol. The van der Waals surface area contributed by atoms with Gasteiger partial charge in [0, 0.05) is 19.6 Å². The number of piperidine rings is 1. The zero-order valence-electron chi connectivity index (χ0n) is 12.5. The number of hydrogen-bond donors (Lipinski definition) is 3. The number of rotatable bonds is 2. The molecule has 5 nitrogen and oxygen atoms in total. The summed E-state index contributed by atoms with van der Waals surface area (Å²) in [7, 11) is 0. The van der Waals surface area contributed by atoms with E-state index < -0.39 is 5.60 Å². The summed E-state index contributed by atoms with van der Waals surface area (Å²) in [5, 5.41) is 16.3. The molecule has 0 aromatic carbocycles. The highest BCUT2D eigenvalue weighted by atomic mass is 35.5. The number of hydrogen-bond acceptors (Lipinski definition) is 4. The highest BCUT2D eigenvalue weighted by Gasteiger charge is 2.39. The molecule has 20 heavy (non-hydrogen) atoms. The van der Waals surface area contributed by atoms with Gasteiger partial charge < -0.3 is 20.5 Å². The number of carbonyl (C=O) groups excluding carboxylic acids is 1. The summed E-state index contributed by atoms with van der Waals surface area (Å²) in [5.74, 6) is 1.11. The van der Waals surface area contributed by atoms with Gasteiger partial charge in [-0.15, -0.1) is 12.4 Å². The molecule has 1 aliphatic carbocycles. The Morgan fingerprint density at radius 3 is 2.35 bits per heavy atom. The second-order valence-electron chi connectivity index (χ2n) is 6.89. The second-order valence-corrected chi connectivity index (χ2v) is 6.89. The van der Waals surface area contributed by atoms with E-state index in [9.17, 15) is 9.90 Å². The number of halogens is 1. The highest BCUT2D eigenvalue weighted by molar-refractivity contribution is 5.85. The van der Waals surface area contributed by atoms with Crippen molar-refractivity contribution in [2.45, 2.75) is 45.3 Å². The molecule has 2 rings (SSSR count). The molecule has 1 heterocycles. The van der Waals surface area contributed by atoms with Crippen molar-refractivity contribution in [1.82, 2.24) is 10.6 Å². The van der Waals surface area contributed by atoms with E-state index in [0.29, 0.717) is 24.3 Å². The van der Waals surface area contributed by atoms with Crippen LogP contribution in [0, 0.1) is 17.8 Å². The smallest absolute Gasteiger partial charge is 0.407 e. The van der Waals surface area contributed by atoms with Crippen molar-refractivity contribution in [2.75, 3.05) is 19.6 Å². The Morgan fingerprint density at radius 2 is 1.85 bits per heavy atom. The van der Waals surface area contributed by atoms with E-state index >= 15 is 0 Å². The Kier molecular flexibility index (Phi) is 6.10. The Hall–Kier alpha value is -0.520. The Morgan fingerprint density at radius 1 is 1.30 bits per heavy atom. The normalized spacial score (nSPS) is 33.0. The predicted octanol–water partition coefficient (Wildman–Crippen LogP) is 1.54. The van der Waals surface area contributed by atoms with Crippen LogP contribution < -0.4 is 10.6 Å². The van der Waals surface area contributed by atoms with Crippen molar-refractivity contribution < 1.29 is 14.6 Å². The van der Waals surface area contributed by atoms with Crippen LogP contribution in [-0.2, 0) is 4.74 Å². The van der Waals surface area contributed by atoms with Crippen molar-refractivity contribution in [3.05, 3.63) is 0 Å². The third-order valence-electron chi connectivity index (χ3n) is 3.99. The van der Waals surface area contributed by atoms with Crippen molar-refractivity contribution in [1.29, 1.82) is 0 Å². The molecule has 0 aromatic rings. The molecule has 1 aliphatic heterocycles. The van der Waals surface area contributed by atoms with Gasteiger partial charge in [-0.2, -0.15) is 0 Å². The summed E-state index contributed by atoms with van der Waals surface area (Å²) in [5.41, 5.74) is -0.451. The first-order valence-corrected chi connectivity index (χ1v) is 7.21. The summed E-state index contributed by atoms with van der Waals surface area (Å²) in [6.45, 7) is 8.01. The van der Waals surface area contributed by atoms with Crippen molar-refractivity contribution in [3.63, 3.8) is 0 Å². The summed E-state index contributed by atoms with van der Waals surface area (Å²) in [6, 6.07) is 0. The van der Waals surface area contributed by atoms with Crippen LogP contribution in [0.15, 0.2) is 0 Å². The summed E-state index contributed by atoms with van der Waals surface area (Å²) in [4.78, 5) is 11.6. The quantitative estimate of drug-likeness (QED) is 0.724. The van der Waals surface area contributed by atoms with Gasteiger partial charge in [-0.1, -0.05) is 0 Å². The van der Waals surface area contributed by atoms with E-state index in [0.717, 1.165) is 25.9 Å². The molecule has 0 aromatic heterocycles. The van der Waals surface area contributed by atoms with Gasteiger partial charge in [0.25, 0.3) is 0 Å². The first-order valence-electron chi connectivity index (χ1n) is 7.21. The maximum Gasteiger partial charge on any atom is 0.407 e. The van der Waals surface area contributed by atoms with Gasteiger partial charge in [0.1, 0.15) is 5.60 Å². The molecule has 1 amide bonds. The fraction of sp³-hybridized carbons (Fsp3) is 0.929. The minimum absolute atomic E-state index is 0. The van der Waals surface area contributed by atoms with E-state index in [1.165, 1.54) is 0 Å². The number of carbonyl (C=O) groups is 1. The maximum absolute atomic E-state index is 11.6. The Labute approximate surface area is 127 Å². The van der Waals surface area contributed by atoms with E-state index in [1.54, 1.807) is 0 Å². The number of aliphatic hydroxyl groups is 1. The molecule has 1 saturated heterocycles. The molecule has 2 aliphatic rings. The number of aliphatic hydroxyl groups excluding tert-OH is 1. The van der Waals surface area contributed by atoms with Crippen LogP contribution in [0.5, 0.6) is 0 Å². The molecule has 3 N–H and O–H groups in total. The van der Waals surface area contributed by atoms with Crippen molar-refractivity contribution >= 4 is 18.5 Å². The molecule has 118 valence electrons. The van der Waals surface area contributed by atoms with Gasteiger partial charge >= 0.3 is 6.09 Å². The lowest BCUT2D eigenvalue weighted by Crippen LogP contribution is -2.52. The molecule has 2 atom stereocenters. The molecule has 2 fully saturated rings. The lowest BCUT2D eigenvalue weighted by molar-refractivity contribution is -0.0238. The lowest BCUT2D eigenvalue weighted by atomic mass is 9.71. The third-order valence-corrected chi connectivity index (χ3v) is 3.99. The van der Waals surface area contributed by atoms with Gasteiger partial charge in [-0.3, -0.25) is 0 Å². The van der Waals surface area contributed by atoms with E-state index in [-0.39, 0.29) is 24.6 Å². The van der Waals surface area contributed by atoms with Crippen LogP contribution in [0.2, 0.25) is 0 Å². The van der Waals surface area contributed by atoms with Crippen LogP contribution in [-0.4, -0.2) is 42.5 Å². The number of fused-ring (bicyclic) bond motifs is 2. The summed E-state index contributed by atoms with van der Waals surface area (Å²) < 4.78 is 5.23. The molecule has 2 bridgehead atoms. The zero-order valence-corrected chi connectivity index (χ0v) is 13.3. The topological polar surface area (TPSA) is 70.6 Å². The predicted molar refractivity (Wildman–Crippen MR) is 80.1 cm³/mol. The van der Waals surface area contributed by atoms with Crippen LogP contribution in [0.4, 0.5) is 4.79 Å². The molecule has 0 radical (unpaired) electrons. The maximum atomic E-state index is 11.6. The molecular formula is C14H27ClN2O3.